The molecule has 0 atom stereocenters. The molecule has 0 fully saturated rings. The van der Waals surface area contributed by atoms with Crippen LogP contribution in [0.3, 0.4) is 0 Å². The van der Waals surface area contributed by atoms with Crippen LogP contribution >= 0.6 is 0 Å². The highest BCUT2D eigenvalue weighted by Crippen LogP contribution is 2.19. The maximum atomic E-state index is 13.0. The van der Waals surface area contributed by atoms with Gasteiger partial charge >= 0.3 is 0 Å². The van der Waals surface area contributed by atoms with Gasteiger partial charge in [-0.2, -0.15) is 0 Å². The van der Waals surface area contributed by atoms with Gasteiger partial charge < -0.3 is 4.90 Å². The monoisotopic (exact) mass is 205 g/mol. The van der Waals surface area contributed by atoms with Gasteiger partial charge in [-0.1, -0.05) is 12.2 Å². The van der Waals surface area contributed by atoms with E-state index in [0.29, 0.717) is 5.69 Å². The fourth-order valence-electron chi connectivity index (χ4n) is 1.32. The third kappa shape index (κ3) is 2.31. The number of rotatable bonds is 1. The van der Waals surface area contributed by atoms with Crippen molar-refractivity contribution in [2.24, 2.45) is 0 Å². The van der Waals surface area contributed by atoms with Gasteiger partial charge in [0.05, 0.1) is 5.69 Å². The fraction of sp³-hybridized carbons (Fsp3) is 0. The van der Waals surface area contributed by atoms with Gasteiger partial charge in [0.2, 0.25) is 0 Å². The van der Waals surface area contributed by atoms with E-state index >= 15 is 0 Å². The van der Waals surface area contributed by atoms with Crippen molar-refractivity contribution in [3.63, 3.8) is 0 Å². The molecule has 0 bridgehead atoms. The van der Waals surface area contributed by atoms with Gasteiger partial charge in [-0.05, 0) is 24.3 Å². The average molecular weight is 205 g/mol. The number of benzene rings is 1. The molecule has 1 heterocycles. The molecule has 3 heteroatoms. The molecule has 0 saturated carbocycles. The molecular weight excluding hydrogens is 196 g/mol. The number of hydrogen-bond donors (Lipinski definition) is 0. The molecule has 0 amide bonds. The molecule has 1 aliphatic heterocycles. The summed E-state index contributed by atoms with van der Waals surface area (Å²) in [6.07, 6.45) is 10.7. The smallest absolute Gasteiger partial charge is 0.128 e. The Balaban J connectivity index is 2.36. The highest BCUT2D eigenvalue weighted by molar-refractivity contribution is 5.53. The van der Waals surface area contributed by atoms with Crippen LogP contribution in [0.2, 0.25) is 0 Å². The summed E-state index contributed by atoms with van der Waals surface area (Å²) in [5.41, 5.74) is 0.462. The minimum absolute atomic E-state index is 0.462. The van der Waals surface area contributed by atoms with Crippen LogP contribution in [0.25, 0.3) is 0 Å². The molecule has 1 aromatic rings. The van der Waals surface area contributed by atoms with Crippen LogP contribution in [-0.4, -0.2) is 0 Å². The Kier molecular flexibility index (Phi) is 2.63. The van der Waals surface area contributed by atoms with Crippen molar-refractivity contribution in [3.8, 4) is 0 Å². The quantitative estimate of drug-likeness (QED) is 0.679. The zero-order valence-corrected chi connectivity index (χ0v) is 7.90. The Morgan fingerprint density at radius 1 is 0.733 bits per heavy atom. The molecule has 0 unspecified atom stereocenters. The molecule has 1 nitrogen and oxygen atoms in total. The Hall–Kier alpha value is -1.90. The van der Waals surface area contributed by atoms with Crippen LogP contribution in [0.15, 0.2) is 54.9 Å². The van der Waals surface area contributed by atoms with Crippen molar-refractivity contribution in [1.82, 2.24) is 0 Å². The van der Waals surface area contributed by atoms with E-state index in [2.05, 4.69) is 0 Å². The summed E-state index contributed by atoms with van der Waals surface area (Å²) in [6.45, 7) is 0. The van der Waals surface area contributed by atoms with E-state index in [0.717, 1.165) is 6.07 Å². The Labute approximate surface area is 86.6 Å². The van der Waals surface area contributed by atoms with Crippen LogP contribution in [0.4, 0.5) is 14.5 Å². The number of anilines is 1. The van der Waals surface area contributed by atoms with Gasteiger partial charge in [0, 0.05) is 18.5 Å². The van der Waals surface area contributed by atoms with E-state index in [4.69, 9.17) is 0 Å². The van der Waals surface area contributed by atoms with Crippen LogP contribution < -0.4 is 4.90 Å². The molecule has 2 rings (SSSR count). The van der Waals surface area contributed by atoms with E-state index in [9.17, 15) is 8.78 Å². The van der Waals surface area contributed by atoms with Gasteiger partial charge in [0.15, 0.2) is 0 Å². The molecule has 0 aliphatic carbocycles. The molecule has 0 spiro atoms. The van der Waals surface area contributed by atoms with E-state index in [1.165, 1.54) is 12.1 Å². The molecule has 1 aliphatic rings. The number of halogens is 2. The maximum absolute atomic E-state index is 13.0. The standard InChI is InChI=1S/C12H9F2N/c13-10-7-11(14)9-12(8-10)15-5-3-1-2-4-6-15/h1-9H. The minimum Gasteiger partial charge on any atom is -0.324 e. The number of hydrogen-bond acceptors (Lipinski definition) is 1. The maximum Gasteiger partial charge on any atom is 0.128 e. The second-order valence-corrected chi connectivity index (χ2v) is 3.10. The summed E-state index contributed by atoms with van der Waals surface area (Å²) in [4.78, 5) is 1.64. The molecule has 0 aromatic heterocycles. The predicted octanol–water partition coefficient (Wildman–Crippen LogP) is 3.37. The molecule has 1 aromatic carbocycles. The lowest BCUT2D eigenvalue weighted by atomic mass is 10.3. The largest absolute Gasteiger partial charge is 0.324 e. The van der Waals surface area contributed by atoms with Crippen molar-refractivity contribution in [2.45, 2.75) is 0 Å². The van der Waals surface area contributed by atoms with Crippen molar-refractivity contribution >= 4 is 5.69 Å². The van der Waals surface area contributed by atoms with Crippen LogP contribution in [0.5, 0.6) is 0 Å². The Morgan fingerprint density at radius 3 is 1.80 bits per heavy atom. The highest BCUT2D eigenvalue weighted by Gasteiger charge is 2.04. The predicted molar refractivity (Wildman–Crippen MR) is 56.3 cm³/mol. The summed E-state index contributed by atoms with van der Waals surface area (Å²) in [6, 6.07) is 3.42. The van der Waals surface area contributed by atoms with E-state index in [1.54, 1.807) is 29.5 Å². The summed E-state index contributed by atoms with van der Waals surface area (Å²) in [5.74, 6) is -1.16. The van der Waals surface area contributed by atoms with Crippen LogP contribution in [0, 0.1) is 11.6 Å². The zero-order valence-electron chi connectivity index (χ0n) is 7.90. The van der Waals surface area contributed by atoms with Crippen molar-refractivity contribution in [3.05, 3.63) is 66.5 Å². The fourth-order valence-corrected chi connectivity index (χ4v) is 1.32. The summed E-state index contributed by atoms with van der Waals surface area (Å²) < 4.78 is 25.9. The number of allylic oxidation sites excluding steroid dienone is 4. The molecule has 15 heavy (non-hydrogen) atoms. The summed E-state index contributed by atoms with van der Waals surface area (Å²) in [5, 5.41) is 0. The third-order valence-corrected chi connectivity index (χ3v) is 1.97. The lowest BCUT2D eigenvalue weighted by Crippen LogP contribution is -2.06. The van der Waals surface area contributed by atoms with Crippen LogP contribution in [-0.2, 0) is 0 Å². The average Bonchev–Trinajstić information content (AvgIpc) is 2.43. The molecule has 76 valence electrons. The first-order valence-electron chi connectivity index (χ1n) is 4.52. The normalized spacial score (nSPS) is 14.4. The highest BCUT2D eigenvalue weighted by atomic mass is 19.1. The molecule has 0 N–H and O–H groups in total. The molecule has 0 radical (unpaired) electrons. The van der Waals surface area contributed by atoms with Gasteiger partial charge in [-0.25, -0.2) is 8.78 Å². The first kappa shape index (κ1) is 9.65. The first-order chi connectivity index (χ1) is 7.25. The van der Waals surface area contributed by atoms with Crippen molar-refractivity contribution in [1.29, 1.82) is 0 Å². The van der Waals surface area contributed by atoms with Crippen molar-refractivity contribution in [2.75, 3.05) is 4.90 Å². The van der Waals surface area contributed by atoms with Crippen molar-refractivity contribution < 1.29 is 8.78 Å². The summed E-state index contributed by atoms with van der Waals surface area (Å²) >= 11 is 0. The topological polar surface area (TPSA) is 3.24 Å². The van der Waals surface area contributed by atoms with Gasteiger partial charge in [0.1, 0.15) is 11.6 Å². The molecule has 0 saturated heterocycles. The van der Waals surface area contributed by atoms with Gasteiger partial charge in [0.25, 0.3) is 0 Å². The SMILES string of the molecule is Fc1cc(F)cc(N2C=CC=CC=C2)c1. The van der Waals surface area contributed by atoms with E-state index in [-0.39, 0.29) is 0 Å². The van der Waals surface area contributed by atoms with Gasteiger partial charge in [-0.3, -0.25) is 0 Å². The second-order valence-electron chi connectivity index (χ2n) is 3.10. The van der Waals surface area contributed by atoms with Gasteiger partial charge in [-0.15, -0.1) is 0 Å². The third-order valence-electron chi connectivity index (χ3n) is 1.97. The Bertz CT molecular complexity index is 411. The zero-order chi connectivity index (χ0) is 10.7. The minimum atomic E-state index is -0.580. The Morgan fingerprint density at radius 2 is 1.27 bits per heavy atom. The van der Waals surface area contributed by atoms with E-state index < -0.39 is 11.6 Å². The van der Waals surface area contributed by atoms with Crippen LogP contribution in [0.1, 0.15) is 0 Å². The lowest BCUT2D eigenvalue weighted by molar-refractivity contribution is 0.583. The first-order valence-corrected chi connectivity index (χ1v) is 4.52. The second kappa shape index (κ2) is 4.09. The molecular formula is C12H9F2N. The lowest BCUT2D eigenvalue weighted by Gasteiger charge is -2.14. The number of nitrogens with zero attached hydrogens (tertiary/aromatic N) is 1. The summed E-state index contributed by atoms with van der Waals surface area (Å²) in [7, 11) is 0. The van der Waals surface area contributed by atoms with E-state index in [1.807, 2.05) is 12.2 Å².